The van der Waals surface area contributed by atoms with E-state index in [9.17, 15) is 40.9 Å². The van der Waals surface area contributed by atoms with Gasteiger partial charge in [-0.15, -0.1) is 0 Å². The average molecular weight is 601 g/mol. The van der Waals surface area contributed by atoms with E-state index in [1.54, 1.807) is 0 Å². The molecule has 2 heterocycles. The second kappa shape index (κ2) is 20.4. The molecule has 0 aromatic rings. The highest BCUT2D eigenvalue weighted by Gasteiger charge is 2.50. The smallest absolute Gasteiger partial charge is 0.187 e. The summed E-state index contributed by atoms with van der Waals surface area (Å²) in [5.41, 5.74) is 0. The minimum Gasteiger partial charge on any atom is -0.394 e. The molecule has 2 rings (SSSR count). The van der Waals surface area contributed by atoms with Crippen LogP contribution in [0.5, 0.6) is 0 Å². The Kier molecular flexibility index (Phi) is 18.2. The first-order chi connectivity index (χ1) is 19.7. The molecule has 0 saturated carbocycles. The second-order valence-corrected chi connectivity index (χ2v) is 10.8. The Hall–Kier alpha value is -0.560. The minimum absolute atomic E-state index is 0.199. The molecule has 0 spiro atoms. The van der Waals surface area contributed by atoms with Crippen LogP contribution in [-0.2, 0) is 28.7 Å². The van der Waals surface area contributed by atoms with E-state index in [1.807, 2.05) is 0 Å². The van der Waals surface area contributed by atoms with Crippen molar-refractivity contribution < 1.29 is 69.6 Å². The second-order valence-electron chi connectivity index (χ2n) is 10.8. The monoisotopic (exact) mass is 600 g/mol. The van der Waals surface area contributed by atoms with Gasteiger partial charge in [-0.2, -0.15) is 0 Å². The third kappa shape index (κ3) is 12.2. The molecular weight excluding hydrogens is 548 g/mol. The predicted octanol–water partition coefficient (Wildman–Crippen LogP) is -1.14. The molecule has 0 amide bonds. The summed E-state index contributed by atoms with van der Waals surface area (Å²) < 4.78 is 21.6. The summed E-state index contributed by atoms with van der Waals surface area (Å²) >= 11 is 0. The third-order valence-corrected chi connectivity index (χ3v) is 7.34. The van der Waals surface area contributed by atoms with Crippen molar-refractivity contribution in [2.75, 3.05) is 33.0 Å². The Bertz CT molecular complexity index is 656. The molecule has 2 fully saturated rings. The number of hydrogen-bond acceptors (Lipinski definition) is 14. The van der Waals surface area contributed by atoms with Crippen LogP contribution in [0, 0.1) is 0 Å². The van der Waals surface area contributed by atoms with E-state index in [-0.39, 0.29) is 13.2 Å². The molecule has 2 aliphatic rings. The van der Waals surface area contributed by atoms with Gasteiger partial charge in [-0.25, -0.2) is 9.78 Å². The van der Waals surface area contributed by atoms with Gasteiger partial charge < -0.3 is 59.8 Å². The summed E-state index contributed by atoms with van der Waals surface area (Å²) in [6, 6.07) is 0. The molecule has 14 heteroatoms. The standard InChI is InChI=1S/C27H52O14/c1-2-3-4-5-6-7-8-9-10-11-12-37-38-16-17(30)15-36-26-24(35)22(33)25(19(14-29)40-26)41-27-23(34)21(32)20(31)18(13-28)39-27/h17-35H,2-16H2,1H3/t17?,18-,19-,20+,21+,22-,23-,24-,25-,26+,27+/m1/s1. The van der Waals surface area contributed by atoms with E-state index in [1.165, 1.54) is 44.9 Å². The molecule has 0 radical (unpaired) electrons. The molecule has 244 valence electrons. The number of rotatable bonds is 21. The van der Waals surface area contributed by atoms with Gasteiger partial charge in [0, 0.05) is 0 Å². The highest BCUT2D eigenvalue weighted by atomic mass is 17.2. The van der Waals surface area contributed by atoms with Gasteiger partial charge in [0.25, 0.3) is 0 Å². The molecule has 11 atom stereocenters. The molecule has 0 aromatic carbocycles. The van der Waals surface area contributed by atoms with Crippen molar-refractivity contribution in [1.82, 2.24) is 0 Å². The fraction of sp³-hybridized carbons (Fsp3) is 1.00. The molecule has 41 heavy (non-hydrogen) atoms. The molecule has 2 saturated heterocycles. The first-order valence-electron chi connectivity index (χ1n) is 14.9. The van der Waals surface area contributed by atoms with Crippen molar-refractivity contribution in [2.24, 2.45) is 0 Å². The van der Waals surface area contributed by atoms with Gasteiger partial charge in [-0.3, -0.25) is 0 Å². The van der Waals surface area contributed by atoms with Crippen molar-refractivity contribution in [1.29, 1.82) is 0 Å². The Labute approximate surface area is 241 Å². The summed E-state index contributed by atoms with van der Waals surface area (Å²) in [5, 5.41) is 80.4. The average Bonchev–Trinajstić information content (AvgIpc) is 2.97. The maximum atomic E-state index is 10.6. The first kappa shape index (κ1) is 36.6. The molecule has 0 bridgehead atoms. The number of ether oxygens (including phenoxy) is 4. The van der Waals surface area contributed by atoms with Gasteiger partial charge in [0.05, 0.1) is 26.4 Å². The summed E-state index contributed by atoms with van der Waals surface area (Å²) in [6.07, 6.45) is -4.63. The molecule has 14 nitrogen and oxygen atoms in total. The molecule has 1 unspecified atom stereocenters. The number of hydrogen-bond donors (Lipinski definition) is 8. The summed E-state index contributed by atoms with van der Waals surface area (Å²) in [5.74, 6) is 0. The maximum absolute atomic E-state index is 10.6. The lowest BCUT2D eigenvalue weighted by Crippen LogP contribution is -2.64. The van der Waals surface area contributed by atoms with Crippen LogP contribution in [0.1, 0.15) is 71.1 Å². The first-order valence-corrected chi connectivity index (χ1v) is 14.9. The van der Waals surface area contributed by atoms with Gasteiger partial charge in [-0.1, -0.05) is 64.7 Å². The Balaban J connectivity index is 1.64. The van der Waals surface area contributed by atoms with Crippen LogP contribution in [-0.4, -0.2) is 141 Å². The van der Waals surface area contributed by atoms with E-state index in [2.05, 4.69) is 6.92 Å². The Morgan fingerprint density at radius 2 is 1.17 bits per heavy atom. The lowest BCUT2D eigenvalue weighted by Gasteiger charge is -2.46. The zero-order valence-electron chi connectivity index (χ0n) is 24.0. The molecule has 8 N–H and O–H groups in total. The van der Waals surface area contributed by atoms with Crippen molar-refractivity contribution in [2.45, 2.75) is 139 Å². The van der Waals surface area contributed by atoms with E-state index in [4.69, 9.17) is 28.7 Å². The van der Waals surface area contributed by atoms with E-state index in [0.29, 0.717) is 6.61 Å². The van der Waals surface area contributed by atoms with Crippen LogP contribution in [0.15, 0.2) is 0 Å². The fourth-order valence-corrected chi connectivity index (χ4v) is 4.78. The van der Waals surface area contributed by atoms with Crippen LogP contribution in [0.3, 0.4) is 0 Å². The SMILES string of the molecule is CCCCCCCCCCCCOOCC(O)CO[C@H]1O[C@H](CO)[C@@H](O[C@@H]2O[C@H](CO)[C@H](O)[C@H](O)[C@H]2O)[C@H](O)[C@H]1O. The zero-order valence-corrected chi connectivity index (χ0v) is 24.0. The fourth-order valence-electron chi connectivity index (χ4n) is 4.78. The van der Waals surface area contributed by atoms with Gasteiger partial charge in [0.1, 0.15) is 61.5 Å². The van der Waals surface area contributed by atoms with Crippen LogP contribution in [0.2, 0.25) is 0 Å². The molecule has 0 aliphatic carbocycles. The van der Waals surface area contributed by atoms with Crippen LogP contribution < -0.4 is 0 Å². The van der Waals surface area contributed by atoms with E-state index >= 15 is 0 Å². The van der Waals surface area contributed by atoms with Gasteiger partial charge in [0.2, 0.25) is 0 Å². The van der Waals surface area contributed by atoms with Crippen molar-refractivity contribution in [3.05, 3.63) is 0 Å². The summed E-state index contributed by atoms with van der Waals surface area (Å²) in [7, 11) is 0. The van der Waals surface area contributed by atoms with Crippen molar-refractivity contribution >= 4 is 0 Å². The van der Waals surface area contributed by atoms with Crippen molar-refractivity contribution in [3.63, 3.8) is 0 Å². The lowest BCUT2D eigenvalue weighted by atomic mass is 9.97. The maximum Gasteiger partial charge on any atom is 0.187 e. The highest BCUT2D eigenvalue weighted by molar-refractivity contribution is 4.94. The Morgan fingerprint density at radius 3 is 1.78 bits per heavy atom. The number of aliphatic hydroxyl groups excluding tert-OH is 8. The van der Waals surface area contributed by atoms with Crippen LogP contribution >= 0.6 is 0 Å². The van der Waals surface area contributed by atoms with E-state index < -0.39 is 80.7 Å². The van der Waals surface area contributed by atoms with Gasteiger partial charge in [0.15, 0.2) is 12.6 Å². The van der Waals surface area contributed by atoms with Crippen LogP contribution in [0.25, 0.3) is 0 Å². The van der Waals surface area contributed by atoms with Gasteiger partial charge >= 0.3 is 0 Å². The lowest BCUT2D eigenvalue weighted by molar-refractivity contribution is -0.361. The normalized spacial score (nSPS) is 35.0. The Morgan fingerprint density at radius 1 is 0.610 bits per heavy atom. The van der Waals surface area contributed by atoms with Crippen molar-refractivity contribution in [3.8, 4) is 0 Å². The van der Waals surface area contributed by atoms with E-state index in [0.717, 1.165) is 19.3 Å². The molecule has 2 aliphatic heterocycles. The molecular formula is C27H52O14. The quantitative estimate of drug-likeness (QED) is 0.0444. The number of unbranched alkanes of at least 4 members (excludes halogenated alkanes) is 9. The third-order valence-electron chi connectivity index (χ3n) is 7.34. The molecule has 0 aromatic heterocycles. The largest absolute Gasteiger partial charge is 0.394 e. The van der Waals surface area contributed by atoms with Crippen LogP contribution in [0.4, 0.5) is 0 Å². The summed E-state index contributed by atoms with van der Waals surface area (Å²) in [4.78, 5) is 10.1. The number of aliphatic hydroxyl groups is 8. The summed E-state index contributed by atoms with van der Waals surface area (Å²) in [6.45, 7) is 0.693. The highest BCUT2D eigenvalue weighted by Crippen LogP contribution is 2.29. The topological polar surface area (TPSA) is 217 Å². The van der Waals surface area contributed by atoms with Gasteiger partial charge in [-0.05, 0) is 6.42 Å². The minimum atomic E-state index is -1.76. The zero-order chi connectivity index (χ0) is 30.2. The predicted molar refractivity (Wildman–Crippen MR) is 142 cm³/mol.